The van der Waals surface area contributed by atoms with Gasteiger partial charge in [0.1, 0.15) is 11.6 Å². The van der Waals surface area contributed by atoms with Crippen LogP contribution in [0.1, 0.15) is 43.0 Å². The molecule has 1 saturated heterocycles. The zero-order valence-corrected chi connectivity index (χ0v) is 14.5. The van der Waals surface area contributed by atoms with Gasteiger partial charge in [-0.05, 0) is 38.3 Å². The number of piperidine rings is 1. The van der Waals surface area contributed by atoms with Crippen molar-refractivity contribution in [2.24, 2.45) is 5.92 Å². The van der Waals surface area contributed by atoms with Crippen LogP contribution in [-0.2, 0) is 9.59 Å². The topological polar surface area (TPSA) is 86.7 Å². The largest absolute Gasteiger partial charge is 0.481 e. The molecule has 1 heterocycles. The highest BCUT2D eigenvalue weighted by atomic mass is 19.1. The number of rotatable bonds is 6. The number of carboxylic acid groups (broad SMARTS) is 1. The third-order valence-corrected chi connectivity index (χ3v) is 4.49. The van der Waals surface area contributed by atoms with Crippen molar-refractivity contribution in [3.63, 3.8) is 0 Å². The molecular formula is C18H22F2N2O4. The van der Waals surface area contributed by atoms with Crippen molar-refractivity contribution < 1.29 is 28.3 Å². The highest BCUT2D eigenvalue weighted by Gasteiger charge is 2.29. The van der Waals surface area contributed by atoms with Gasteiger partial charge in [0.05, 0.1) is 5.56 Å². The summed E-state index contributed by atoms with van der Waals surface area (Å²) in [6.45, 7) is 2.35. The predicted molar refractivity (Wildman–Crippen MR) is 89.5 cm³/mol. The molecule has 0 aromatic heterocycles. The molecule has 0 spiro atoms. The van der Waals surface area contributed by atoms with E-state index in [9.17, 15) is 23.2 Å². The number of hydrogen-bond acceptors (Lipinski definition) is 3. The van der Waals surface area contributed by atoms with Crippen LogP contribution in [0.2, 0.25) is 0 Å². The molecule has 1 fully saturated rings. The molecule has 1 unspecified atom stereocenters. The van der Waals surface area contributed by atoms with Crippen LogP contribution in [0, 0.1) is 17.6 Å². The lowest BCUT2D eigenvalue weighted by Crippen LogP contribution is -2.45. The minimum atomic E-state index is -0.911. The van der Waals surface area contributed by atoms with E-state index in [2.05, 4.69) is 5.32 Å². The van der Waals surface area contributed by atoms with Crippen molar-refractivity contribution in [3.05, 3.63) is 35.4 Å². The number of amides is 2. The van der Waals surface area contributed by atoms with E-state index in [0.29, 0.717) is 38.4 Å². The van der Waals surface area contributed by atoms with Crippen molar-refractivity contribution in [1.82, 2.24) is 10.2 Å². The first-order chi connectivity index (χ1) is 12.3. The summed E-state index contributed by atoms with van der Waals surface area (Å²) in [6.07, 6.45) is 1.21. The van der Waals surface area contributed by atoms with Crippen LogP contribution in [0.3, 0.4) is 0 Å². The second-order valence-electron chi connectivity index (χ2n) is 6.53. The van der Waals surface area contributed by atoms with Gasteiger partial charge in [-0.2, -0.15) is 0 Å². The average Bonchev–Trinajstić information content (AvgIpc) is 2.59. The molecule has 1 aromatic rings. The van der Waals surface area contributed by atoms with Gasteiger partial charge in [-0.1, -0.05) is 0 Å². The second kappa shape index (κ2) is 8.73. The van der Waals surface area contributed by atoms with E-state index in [-0.39, 0.29) is 29.9 Å². The Bertz CT molecular complexity index is 688. The van der Waals surface area contributed by atoms with E-state index in [1.165, 1.54) is 4.90 Å². The van der Waals surface area contributed by atoms with Crippen LogP contribution in [-0.4, -0.2) is 46.9 Å². The number of carbonyl (C=O) groups is 3. The fourth-order valence-electron chi connectivity index (χ4n) is 2.95. The fraction of sp³-hybridized carbons (Fsp3) is 0.500. The Morgan fingerprint density at radius 1 is 1.27 bits per heavy atom. The maximum Gasteiger partial charge on any atom is 0.303 e. The first-order valence-corrected chi connectivity index (χ1v) is 8.54. The van der Waals surface area contributed by atoms with Crippen LogP contribution >= 0.6 is 0 Å². The Hall–Kier alpha value is -2.51. The number of likely N-dealkylation sites (tertiary alicyclic amines) is 1. The molecule has 1 aliphatic rings. The molecule has 0 saturated carbocycles. The third kappa shape index (κ3) is 5.24. The van der Waals surface area contributed by atoms with Crippen molar-refractivity contribution in [2.75, 3.05) is 13.1 Å². The number of aliphatic carboxylic acids is 1. The fourth-order valence-corrected chi connectivity index (χ4v) is 2.95. The quantitative estimate of drug-likeness (QED) is 0.806. The van der Waals surface area contributed by atoms with Crippen molar-refractivity contribution in [1.29, 1.82) is 0 Å². The number of halogens is 2. The molecule has 2 amide bonds. The molecule has 8 heteroatoms. The van der Waals surface area contributed by atoms with Crippen molar-refractivity contribution in [3.8, 4) is 0 Å². The standard InChI is InChI=1S/C18H22F2N2O4/c1-11(2-5-16(23)24)21-17(25)12-6-8-22(9-7-12)18(26)14-4-3-13(19)10-15(14)20/h3-4,10-12H,2,5-9H2,1H3,(H,21,25)(H,23,24). The van der Waals surface area contributed by atoms with Gasteiger partial charge in [0, 0.05) is 37.5 Å². The van der Waals surface area contributed by atoms with Crippen LogP contribution < -0.4 is 5.32 Å². The maximum atomic E-state index is 13.7. The van der Waals surface area contributed by atoms with E-state index in [1.54, 1.807) is 6.92 Å². The van der Waals surface area contributed by atoms with Crippen molar-refractivity contribution >= 4 is 17.8 Å². The summed E-state index contributed by atoms with van der Waals surface area (Å²) in [4.78, 5) is 36.6. The summed E-state index contributed by atoms with van der Waals surface area (Å²) in [5.74, 6) is -3.51. The molecule has 1 atom stereocenters. The molecule has 2 rings (SSSR count). The van der Waals surface area contributed by atoms with Crippen LogP contribution in [0.25, 0.3) is 0 Å². The number of nitrogens with zero attached hydrogens (tertiary/aromatic N) is 1. The maximum absolute atomic E-state index is 13.7. The molecule has 26 heavy (non-hydrogen) atoms. The summed E-state index contributed by atoms with van der Waals surface area (Å²) in [7, 11) is 0. The van der Waals surface area contributed by atoms with E-state index in [1.807, 2.05) is 0 Å². The van der Waals surface area contributed by atoms with Crippen LogP contribution in [0.5, 0.6) is 0 Å². The van der Waals surface area contributed by atoms with Crippen LogP contribution in [0.4, 0.5) is 8.78 Å². The van der Waals surface area contributed by atoms with E-state index in [4.69, 9.17) is 5.11 Å². The highest BCUT2D eigenvalue weighted by molar-refractivity contribution is 5.94. The highest BCUT2D eigenvalue weighted by Crippen LogP contribution is 2.21. The van der Waals surface area contributed by atoms with Gasteiger partial charge in [0.2, 0.25) is 5.91 Å². The summed E-state index contributed by atoms with van der Waals surface area (Å²) < 4.78 is 26.7. The first-order valence-electron chi connectivity index (χ1n) is 8.54. The van der Waals surface area contributed by atoms with Gasteiger partial charge in [0.25, 0.3) is 5.91 Å². The van der Waals surface area contributed by atoms with Crippen molar-refractivity contribution in [2.45, 2.75) is 38.6 Å². The van der Waals surface area contributed by atoms with Gasteiger partial charge in [-0.3, -0.25) is 14.4 Å². The molecule has 1 aliphatic heterocycles. The smallest absolute Gasteiger partial charge is 0.303 e. The summed E-state index contributed by atoms with van der Waals surface area (Å²) in [5.41, 5.74) is -0.184. The normalized spacial score (nSPS) is 16.2. The summed E-state index contributed by atoms with van der Waals surface area (Å²) in [5, 5.41) is 11.4. The SMILES string of the molecule is CC(CCC(=O)O)NC(=O)C1CCN(C(=O)c2ccc(F)cc2F)CC1. The van der Waals surface area contributed by atoms with Crippen LogP contribution in [0.15, 0.2) is 18.2 Å². The number of carbonyl (C=O) groups excluding carboxylic acids is 2. The van der Waals surface area contributed by atoms with Gasteiger partial charge < -0.3 is 15.3 Å². The Morgan fingerprint density at radius 2 is 1.92 bits per heavy atom. The number of benzene rings is 1. The minimum Gasteiger partial charge on any atom is -0.481 e. The lowest BCUT2D eigenvalue weighted by atomic mass is 9.95. The monoisotopic (exact) mass is 368 g/mol. The summed E-state index contributed by atoms with van der Waals surface area (Å²) >= 11 is 0. The summed E-state index contributed by atoms with van der Waals surface area (Å²) in [6, 6.07) is 2.59. The molecule has 0 bridgehead atoms. The number of carboxylic acids is 1. The van der Waals surface area contributed by atoms with E-state index in [0.717, 1.165) is 12.1 Å². The lowest BCUT2D eigenvalue weighted by Gasteiger charge is -2.32. The molecule has 0 aliphatic carbocycles. The Kier molecular flexibility index (Phi) is 6.65. The Labute approximate surface area is 150 Å². The molecule has 142 valence electrons. The van der Waals surface area contributed by atoms with Gasteiger partial charge >= 0.3 is 5.97 Å². The van der Waals surface area contributed by atoms with Gasteiger partial charge in [0.15, 0.2) is 0 Å². The van der Waals surface area contributed by atoms with E-state index >= 15 is 0 Å². The third-order valence-electron chi connectivity index (χ3n) is 4.49. The van der Waals surface area contributed by atoms with Gasteiger partial charge in [-0.25, -0.2) is 8.78 Å². The molecule has 2 N–H and O–H groups in total. The molecule has 6 nitrogen and oxygen atoms in total. The second-order valence-corrected chi connectivity index (χ2v) is 6.53. The average molecular weight is 368 g/mol. The minimum absolute atomic E-state index is 0.0162. The first kappa shape index (κ1) is 19.8. The molecule has 0 radical (unpaired) electrons. The predicted octanol–water partition coefficient (Wildman–Crippen LogP) is 2.19. The Morgan fingerprint density at radius 3 is 2.50 bits per heavy atom. The molecule has 1 aromatic carbocycles. The number of hydrogen-bond donors (Lipinski definition) is 2. The van der Waals surface area contributed by atoms with E-state index < -0.39 is 23.5 Å². The zero-order valence-electron chi connectivity index (χ0n) is 14.5. The zero-order chi connectivity index (χ0) is 19.3. The Balaban J connectivity index is 1.85. The van der Waals surface area contributed by atoms with Gasteiger partial charge in [-0.15, -0.1) is 0 Å². The number of nitrogens with one attached hydrogen (secondary N) is 1. The molecular weight excluding hydrogens is 346 g/mol. The lowest BCUT2D eigenvalue weighted by molar-refractivity contribution is -0.137.